The van der Waals surface area contributed by atoms with E-state index >= 15 is 0 Å². The van der Waals surface area contributed by atoms with Crippen LogP contribution in [0.3, 0.4) is 0 Å². The van der Waals surface area contributed by atoms with Crippen LogP contribution in [0.5, 0.6) is 11.5 Å². The number of benzene rings is 2. The average molecular weight is 454 g/mol. The molecule has 0 unspecified atom stereocenters. The van der Waals surface area contributed by atoms with E-state index in [4.69, 9.17) is 32.7 Å². The number of hydrazine groups is 1. The zero-order valence-corrected chi connectivity index (χ0v) is 17.7. The van der Waals surface area contributed by atoms with Gasteiger partial charge in [-0.3, -0.25) is 25.2 Å². The largest absolute Gasteiger partial charge is 0.494 e. The Morgan fingerprint density at radius 2 is 1.53 bits per heavy atom. The molecule has 3 N–H and O–H groups in total. The summed E-state index contributed by atoms with van der Waals surface area (Å²) in [4.78, 5) is 35.5. The highest BCUT2D eigenvalue weighted by Gasteiger charge is 2.10. The maximum atomic E-state index is 11.9. The Morgan fingerprint density at radius 3 is 2.20 bits per heavy atom. The van der Waals surface area contributed by atoms with Crippen molar-refractivity contribution < 1.29 is 23.9 Å². The molecule has 0 aliphatic carbocycles. The predicted molar refractivity (Wildman–Crippen MR) is 114 cm³/mol. The molecule has 0 saturated carbocycles. The molecule has 0 aliphatic rings. The Labute approximate surface area is 183 Å². The number of halogens is 2. The fourth-order valence-electron chi connectivity index (χ4n) is 2.23. The van der Waals surface area contributed by atoms with Gasteiger partial charge >= 0.3 is 0 Å². The number of anilines is 1. The first kappa shape index (κ1) is 23.3. The van der Waals surface area contributed by atoms with Crippen LogP contribution < -0.4 is 25.6 Å². The maximum absolute atomic E-state index is 11.9. The van der Waals surface area contributed by atoms with E-state index in [9.17, 15) is 14.4 Å². The molecule has 0 fully saturated rings. The molecule has 2 aromatic carbocycles. The second-order valence-electron chi connectivity index (χ2n) is 5.97. The Morgan fingerprint density at radius 1 is 0.867 bits per heavy atom. The molecule has 160 valence electrons. The second-order valence-corrected chi connectivity index (χ2v) is 6.81. The van der Waals surface area contributed by atoms with Crippen molar-refractivity contribution in [2.75, 3.05) is 18.5 Å². The van der Waals surface area contributed by atoms with Gasteiger partial charge in [-0.1, -0.05) is 23.2 Å². The van der Waals surface area contributed by atoms with Gasteiger partial charge in [0.15, 0.2) is 6.61 Å². The van der Waals surface area contributed by atoms with E-state index in [-0.39, 0.29) is 36.1 Å². The van der Waals surface area contributed by atoms with Crippen LogP contribution in [0.4, 0.5) is 5.69 Å². The quantitative estimate of drug-likeness (QED) is 0.504. The standard InChI is InChI=1S/C20H21Cl2N3O5/c1-2-29-15-6-4-14(5-7-15)23-18(26)9-10-19(27)24-25-20(28)12-30-17-8-3-13(21)11-16(17)22/h3-8,11H,2,9-10,12H2,1H3,(H,23,26)(H,24,27)(H,25,28). The molecule has 3 amide bonds. The summed E-state index contributed by atoms with van der Waals surface area (Å²) in [6, 6.07) is 11.5. The minimum absolute atomic E-state index is 0.0498. The van der Waals surface area contributed by atoms with Gasteiger partial charge in [0.2, 0.25) is 11.8 Å². The molecule has 2 rings (SSSR count). The third kappa shape index (κ3) is 8.18. The summed E-state index contributed by atoms with van der Waals surface area (Å²) >= 11 is 11.7. The zero-order chi connectivity index (χ0) is 21.9. The van der Waals surface area contributed by atoms with Crippen molar-refractivity contribution in [1.29, 1.82) is 0 Å². The predicted octanol–water partition coefficient (Wildman–Crippen LogP) is 3.34. The van der Waals surface area contributed by atoms with Crippen LogP contribution in [0.2, 0.25) is 10.0 Å². The van der Waals surface area contributed by atoms with Crippen LogP contribution in [-0.2, 0) is 14.4 Å². The van der Waals surface area contributed by atoms with Gasteiger partial charge in [0, 0.05) is 23.6 Å². The van der Waals surface area contributed by atoms with E-state index in [1.54, 1.807) is 30.3 Å². The van der Waals surface area contributed by atoms with Gasteiger partial charge in [-0.25, -0.2) is 0 Å². The molecule has 0 radical (unpaired) electrons. The normalized spacial score (nSPS) is 10.1. The van der Waals surface area contributed by atoms with Crippen molar-refractivity contribution in [2.24, 2.45) is 0 Å². The number of ether oxygens (including phenoxy) is 2. The number of hydrogen-bond acceptors (Lipinski definition) is 5. The smallest absolute Gasteiger partial charge is 0.276 e. The molecular formula is C20H21Cl2N3O5. The fraction of sp³-hybridized carbons (Fsp3) is 0.250. The van der Waals surface area contributed by atoms with Crippen molar-refractivity contribution >= 4 is 46.6 Å². The van der Waals surface area contributed by atoms with E-state index < -0.39 is 11.8 Å². The molecule has 0 spiro atoms. The van der Waals surface area contributed by atoms with Crippen LogP contribution in [0, 0.1) is 0 Å². The number of carbonyl (C=O) groups is 3. The number of carbonyl (C=O) groups excluding carboxylic acids is 3. The lowest BCUT2D eigenvalue weighted by molar-refractivity contribution is -0.130. The lowest BCUT2D eigenvalue weighted by Gasteiger charge is -2.10. The summed E-state index contributed by atoms with van der Waals surface area (Å²) < 4.78 is 10.6. The summed E-state index contributed by atoms with van der Waals surface area (Å²) in [5.41, 5.74) is 5.00. The summed E-state index contributed by atoms with van der Waals surface area (Å²) in [6.45, 7) is 2.07. The van der Waals surface area contributed by atoms with E-state index in [0.717, 1.165) is 0 Å². The lowest BCUT2D eigenvalue weighted by atomic mass is 10.2. The number of hydrogen-bond donors (Lipinski definition) is 3. The molecule has 0 bridgehead atoms. The molecule has 0 aromatic heterocycles. The van der Waals surface area contributed by atoms with Crippen LogP contribution in [0.25, 0.3) is 0 Å². The summed E-state index contributed by atoms with van der Waals surface area (Å²) in [6.07, 6.45) is -0.154. The van der Waals surface area contributed by atoms with E-state index in [1.807, 2.05) is 6.92 Å². The van der Waals surface area contributed by atoms with Gasteiger partial charge in [-0.15, -0.1) is 0 Å². The number of rotatable bonds is 9. The van der Waals surface area contributed by atoms with Crippen molar-refractivity contribution in [3.63, 3.8) is 0 Å². The molecule has 8 nitrogen and oxygen atoms in total. The zero-order valence-electron chi connectivity index (χ0n) is 16.2. The van der Waals surface area contributed by atoms with E-state index in [0.29, 0.717) is 23.1 Å². The van der Waals surface area contributed by atoms with Gasteiger partial charge in [-0.05, 0) is 49.4 Å². The monoisotopic (exact) mass is 453 g/mol. The second kappa shape index (κ2) is 11.9. The summed E-state index contributed by atoms with van der Waals surface area (Å²) in [7, 11) is 0. The van der Waals surface area contributed by atoms with Crippen molar-refractivity contribution in [3.8, 4) is 11.5 Å². The topological polar surface area (TPSA) is 106 Å². The Balaban J connectivity index is 1.65. The summed E-state index contributed by atoms with van der Waals surface area (Å²) in [5.74, 6) is -0.453. The average Bonchev–Trinajstić information content (AvgIpc) is 2.71. The third-order valence-electron chi connectivity index (χ3n) is 3.62. The number of amides is 3. The summed E-state index contributed by atoms with van der Waals surface area (Å²) in [5, 5.41) is 3.38. The SMILES string of the molecule is CCOc1ccc(NC(=O)CCC(=O)NNC(=O)COc2ccc(Cl)cc2Cl)cc1. The molecule has 0 aliphatic heterocycles. The van der Waals surface area contributed by atoms with Gasteiger partial charge in [0.05, 0.1) is 11.6 Å². The molecule has 30 heavy (non-hydrogen) atoms. The highest BCUT2D eigenvalue weighted by Crippen LogP contribution is 2.27. The van der Waals surface area contributed by atoms with E-state index in [1.165, 1.54) is 12.1 Å². The molecule has 0 saturated heterocycles. The Kier molecular flexibility index (Phi) is 9.24. The number of nitrogens with one attached hydrogen (secondary N) is 3. The minimum atomic E-state index is -0.590. The minimum Gasteiger partial charge on any atom is -0.494 e. The van der Waals surface area contributed by atoms with E-state index in [2.05, 4.69) is 16.2 Å². The fourth-order valence-corrected chi connectivity index (χ4v) is 2.69. The molecule has 2 aromatic rings. The van der Waals surface area contributed by atoms with Crippen molar-refractivity contribution in [3.05, 3.63) is 52.5 Å². The van der Waals surface area contributed by atoms with Gasteiger partial charge in [0.25, 0.3) is 5.91 Å². The van der Waals surface area contributed by atoms with Crippen LogP contribution in [0.15, 0.2) is 42.5 Å². The van der Waals surface area contributed by atoms with Crippen molar-refractivity contribution in [1.82, 2.24) is 10.9 Å². The Bertz CT molecular complexity index is 891. The van der Waals surface area contributed by atoms with Gasteiger partial charge in [-0.2, -0.15) is 0 Å². The Hall–Kier alpha value is -2.97. The highest BCUT2D eigenvalue weighted by atomic mass is 35.5. The van der Waals surface area contributed by atoms with Crippen LogP contribution in [0.1, 0.15) is 19.8 Å². The molecule has 10 heteroatoms. The molecule has 0 heterocycles. The first-order chi connectivity index (χ1) is 14.4. The first-order valence-electron chi connectivity index (χ1n) is 9.05. The van der Waals surface area contributed by atoms with Gasteiger partial charge < -0.3 is 14.8 Å². The molecular weight excluding hydrogens is 433 g/mol. The maximum Gasteiger partial charge on any atom is 0.276 e. The van der Waals surface area contributed by atoms with Crippen LogP contribution >= 0.6 is 23.2 Å². The van der Waals surface area contributed by atoms with Gasteiger partial charge in [0.1, 0.15) is 11.5 Å². The first-order valence-corrected chi connectivity index (χ1v) is 9.81. The third-order valence-corrected chi connectivity index (χ3v) is 4.15. The van der Waals surface area contributed by atoms with Crippen LogP contribution in [-0.4, -0.2) is 30.9 Å². The molecule has 0 atom stereocenters. The van der Waals surface area contributed by atoms with Crippen molar-refractivity contribution in [2.45, 2.75) is 19.8 Å². The highest BCUT2D eigenvalue weighted by molar-refractivity contribution is 6.35. The lowest BCUT2D eigenvalue weighted by Crippen LogP contribution is -2.44.